The number of hydrogen-bond donors (Lipinski definition) is 1. The summed E-state index contributed by atoms with van der Waals surface area (Å²) in [4.78, 5) is 4.04. The molecule has 2 N–H and O–H groups in total. The number of nitrogens with two attached hydrogens (primary N) is 1. The number of nitrogens with zero attached hydrogens (tertiary/aromatic N) is 2. The van der Waals surface area contributed by atoms with Gasteiger partial charge in [0.25, 0.3) is 0 Å². The second kappa shape index (κ2) is 6.35. The van der Waals surface area contributed by atoms with Crippen LogP contribution in [0.2, 0.25) is 0 Å². The van der Waals surface area contributed by atoms with Crippen molar-refractivity contribution in [3.05, 3.63) is 24.0 Å². The molecule has 0 bridgehead atoms. The van der Waals surface area contributed by atoms with E-state index in [1.54, 1.807) is 6.07 Å². The Balaban J connectivity index is 2.48. The summed E-state index contributed by atoms with van der Waals surface area (Å²) in [5.74, 6) is 0. The van der Waals surface area contributed by atoms with Crippen LogP contribution >= 0.6 is 12.2 Å². The number of ether oxygens (including phenoxy) is 1. The van der Waals surface area contributed by atoms with Crippen LogP contribution in [0.3, 0.4) is 0 Å². The van der Waals surface area contributed by atoms with Gasteiger partial charge in [0.15, 0.2) is 0 Å². The van der Waals surface area contributed by atoms with Crippen molar-refractivity contribution in [1.82, 2.24) is 9.29 Å². The molecule has 1 aliphatic rings. The third-order valence-electron chi connectivity index (χ3n) is 3.48. The van der Waals surface area contributed by atoms with Gasteiger partial charge >= 0.3 is 0 Å². The molecule has 2 rings (SSSR count). The van der Waals surface area contributed by atoms with Gasteiger partial charge in [-0.15, -0.1) is 0 Å². The third-order valence-corrected chi connectivity index (χ3v) is 5.62. The maximum Gasteiger partial charge on any atom is 0.245 e. The molecule has 1 aromatic heterocycles. The molecule has 2 atom stereocenters. The highest BCUT2D eigenvalue weighted by molar-refractivity contribution is 7.89. The fourth-order valence-electron chi connectivity index (χ4n) is 2.34. The smallest absolute Gasteiger partial charge is 0.245 e. The lowest BCUT2D eigenvalue weighted by Crippen LogP contribution is -2.51. The molecule has 116 valence electrons. The van der Waals surface area contributed by atoms with Gasteiger partial charge in [-0.2, -0.15) is 4.31 Å². The van der Waals surface area contributed by atoms with Crippen LogP contribution in [0.5, 0.6) is 0 Å². The van der Waals surface area contributed by atoms with E-state index in [2.05, 4.69) is 4.98 Å². The molecule has 6 nitrogen and oxygen atoms in total. The zero-order valence-corrected chi connectivity index (χ0v) is 13.7. The Morgan fingerprint density at radius 3 is 2.95 bits per heavy atom. The first-order chi connectivity index (χ1) is 9.87. The quantitative estimate of drug-likeness (QED) is 0.826. The number of aromatic nitrogens is 1. The van der Waals surface area contributed by atoms with Crippen LogP contribution in [0.4, 0.5) is 0 Å². The van der Waals surface area contributed by atoms with Crippen molar-refractivity contribution in [2.24, 2.45) is 5.73 Å². The van der Waals surface area contributed by atoms with E-state index in [9.17, 15) is 8.42 Å². The fourth-order valence-corrected chi connectivity index (χ4v) is 4.49. The average molecular weight is 329 g/mol. The largest absolute Gasteiger partial charge is 0.388 e. The van der Waals surface area contributed by atoms with Crippen molar-refractivity contribution < 1.29 is 13.2 Å². The number of hydrogen-bond acceptors (Lipinski definition) is 5. The molecule has 2 unspecified atom stereocenters. The van der Waals surface area contributed by atoms with E-state index in [-0.39, 0.29) is 27.7 Å². The standard InChI is InChI=1S/C13H19N3O3S2/c1-3-10-8-19-9(2)7-16(10)21(17,18)11-5-4-6-15-12(11)13(14)20/h4-6,9-10H,3,7-8H2,1-2H3,(H2,14,20). The summed E-state index contributed by atoms with van der Waals surface area (Å²) in [6, 6.07) is 2.87. The molecular formula is C13H19N3O3S2. The van der Waals surface area contributed by atoms with E-state index in [1.165, 1.54) is 16.6 Å². The predicted octanol–water partition coefficient (Wildman–Crippen LogP) is 0.904. The van der Waals surface area contributed by atoms with Crippen LogP contribution in [0.1, 0.15) is 26.0 Å². The Morgan fingerprint density at radius 2 is 2.33 bits per heavy atom. The van der Waals surface area contributed by atoms with E-state index < -0.39 is 10.0 Å². The van der Waals surface area contributed by atoms with Crippen LogP contribution in [0.15, 0.2) is 23.2 Å². The van der Waals surface area contributed by atoms with Gasteiger partial charge < -0.3 is 10.5 Å². The minimum atomic E-state index is -3.71. The van der Waals surface area contributed by atoms with Crippen LogP contribution in [0.25, 0.3) is 0 Å². The molecule has 0 saturated carbocycles. The van der Waals surface area contributed by atoms with Gasteiger partial charge in [-0.1, -0.05) is 19.1 Å². The normalized spacial score (nSPS) is 23.9. The number of morpholine rings is 1. The lowest BCUT2D eigenvalue weighted by molar-refractivity contribution is -0.0230. The van der Waals surface area contributed by atoms with Crippen molar-refractivity contribution in [1.29, 1.82) is 0 Å². The summed E-state index contributed by atoms with van der Waals surface area (Å²) >= 11 is 4.91. The second-order valence-corrected chi connectivity index (χ2v) is 7.29. The molecule has 0 aromatic carbocycles. The topological polar surface area (TPSA) is 85.5 Å². The molecule has 0 amide bonds. The molecule has 0 radical (unpaired) electrons. The van der Waals surface area contributed by atoms with E-state index in [1.807, 2.05) is 13.8 Å². The van der Waals surface area contributed by atoms with Crippen molar-refractivity contribution in [3.8, 4) is 0 Å². The Hall–Kier alpha value is -1.09. The van der Waals surface area contributed by atoms with Gasteiger partial charge in [0.2, 0.25) is 10.0 Å². The van der Waals surface area contributed by atoms with Crippen LogP contribution in [0, 0.1) is 0 Å². The maximum atomic E-state index is 12.9. The molecule has 1 aromatic rings. The van der Waals surface area contributed by atoms with Crippen molar-refractivity contribution in [2.75, 3.05) is 13.2 Å². The molecular weight excluding hydrogens is 310 g/mol. The van der Waals surface area contributed by atoms with E-state index in [0.29, 0.717) is 19.6 Å². The minimum Gasteiger partial charge on any atom is -0.388 e. The lowest BCUT2D eigenvalue weighted by Gasteiger charge is -2.37. The molecule has 1 aliphatic heterocycles. The molecule has 21 heavy (non-hydrogen) atoms. The van der Waals surface area contributed by atoms with Crippen LogP contribution in [-0.4, -0.2) is 48.0 Å². The first kappa shape index (κ1) is 16.3. The zero-order chi connectivity index (χ0) is 15.6. The fraction of sp³-hybridized carbons (Fsp3) is 0.538. The molecule has 8 heteroatoms. The van der Waals surface area contributed by atoms with Crippen LogP contribution in [-0.2, 0) is 14.8 Å². The van der Waals surface area contributed by atoms with Crippen molar-refractivity contribution >= 4 is 27.2 Å². The average Bonchev–Trinajstić information content (AvgIpc) is 2.47. The monoisotopic (exact) mass is 329 g/mol. The highest BCUT2D eigenvalue weighted by Gasteiger charge is 2.37. The number of rotatable bonds is 4. The molecule has 0 aliphatic carbocycles. The number of pyridine rings is 1. The molecule has 2 heterocycles. The van der Waals surface area contributed by atoms with Gasteiger partial charge in [0.1, 0.15) is 15.6 Å². The van der Waals surface area contributed by atoms with Crippen LogP contribution < -0.4 is 5.73 Å². The van der Waals surface area contributed by atoms with E-state index >= 15 is 0 Å². The van der Waals surface area contributed by atoms with Gasteiger partial charge in [0, 0.05) is 18.8 Å². The van der Waals surface area contributed by atoms with Crippen molar-refractivity contribution in [2.45, 2.75) is 37.3 Å². The van der Waals surface area contributed by atoms with Gasteiger partial charge in [-0.05, 0) is 25.5 Å². The summed E-state index contributed by atoms with van der Waals surface area (Å²) in [5, 5.41) is 0. The third kappa shape index (κ3) is 3.23. The Labute approximate surface area is 130 Å². The number of sulfonamides is 1. The van der Waals surface area contributed by atoms with Gasteiger partial charge in [0.05, 0.1) is 12.7 Å². The summed E-state index contributed by atoms with van der Waals surface area (Å²) in [6.45, 7) is 4.49. The summed E-state index contributed by atoms with van der Waals surface area (Å²) in [6.07, 6.45) is 2.01. The summed E-state index contributed by atoms with van der Waals surface area (Å²) in [7, 11) is -3.71. The maximum absolute atomic E-state index is 12.9. The predicted molar refractivity (Wildman–Crippen MR) is 83.5 cm³/mol. The first-order valence-corrected chi connectivity index (χ1v) is 8.61. The SMILES string of the molecule is CCC1COC(C)CN1S(=O)(=O)c1cccnc1C(N)=S. The second-order valence-electron chi connectivity index (χ2n) is 5.00. The molecule has 1 saturated heterocycles. The zero-order valence-electron chi connectivity index (χ0n) is 12.0. The summed E-state index contributed by atoms with van der Waals surface area (Å²) < 4.78 is 32.9. The highest BCUT2D eigenvalue weighted by atomic mass is 32.2. The molecule has 0 spiro atoms. The minimum absolute atomic E-state index is 0.0245. The molecule has 1 fully saturated rings. The Kier molecular flexibility index (Phi) is 4.92. The van der Waals surface area contributed by atoms with E-state index in [4.69, 9.17) is 22.7 Å². The van der Waals surface area contributed by atoms with Crippen molar-refractivity contribution in [3.63, 3.8) is 0 Å². The highest BCUT2D eigenvalue weighted by Crippen LogP contribution is 2.25. The Bertz CT molecular complexity index is 633. The van der Waals surface area contributed by atoms with Gasteiger partial charge in [-0.3, -0.25) is 4.98 Å². The lowest BCUT2D eigenvalue weighted by atomic mass is 10.2. The number of thiocarbonyl (C=S) groups is 1. The van der Waals surface area contributed by atoms with E-state index in [0.717, 1.165) is 0 Å². The summed E-state index contributed by atoms with van der Waals surface area (Å²) in [5.41, 5.74) is 5.74. The Morgan fingerprint density at radius 1 is 1.62 bits per heavy atom. The first-order valence-electron chi connectivity index (χ1n) is 6.76. The van der Waals surface area contributed by atoms with Gasteiger partial charge in [-0.25, -0.2) is 8.42 Å².